The molecule has 0 bridgehead atoms. The van der Waals surface area contributed by atoms with Gasteiger partial charge in [0.25, 0.3) is 8.00 Å². The van der Waals surface area contributed by atoms with Gasteiger partial charge in [0.1, 0.15) is 5.02 Å². The molecule has 0 amide bonds. The van der Waals surface area contributed by atoms with Crippen molar-refractivity contribution in [3.63, 3.8) is 0 Å². The molecule has 0 fully saturated rings. The van der Waals surface area contributed by atoms with Crippen LogP contribution in [0.25, 0.3) is 11.0 Å². The van der Waals surface area contributed by atoms with Crippen LogP contribution < -0.4 is 4.89 Å². The van der Waals surface area contributed by atoms with E-state index in [4.69, 9.17) is 39.0 Å². The fraction of sp³-hybridized carbons (Fsp3) is 0.125. The second kappa shape index (κ2) is 3.55. The van der Waals surface area contributed by atoms with Gasteiger partial charge in [-0.15, -0.1) is 0 Å². The van der Waals surface area contributed by atoms with Gasteiger partial charge in [0.2, 0.25) is 5.58 Å². The Hall–Kier alpha value is 0.0200. The van der Waals surface area contributed by atoms with Crippen molar-refractivity contribution in [3.05, 3.63) is 26.4 Å². The molecule has 2 nitrogen and oxygen atoms in total. The maximum atomic E-state index is 11.2. The third kappa shape index (κ3) is 1.42. The monoisotopic (exact) mass is 268 g/mol. The molecule has 1 heterocycles. The molecule has 1 aromatic carbocycles. The quantitative estimate of drug-likeness (QED) is 0.675. The van der Waals surface area contributed by atoms with E-state index in [1.807, 2.05) is 0 Å². The number of fused-ring (bicyclic) bond motifs is 1. The van der Waals surface area contributed by atoms with Crippen LogP contribution >= 0.6 is 42.8 Å². The summed E-state index contributed by atoms with van der Waals surface area (Å²) in [6.45, 7) is 1.78. The normalized spacial score (nSPS) is 12.5. The first-order valence-corrected chi connectivity index (χ1v) is 6.06. The Labute approximate surface area is 96.2 Å². The van der Waals surface area contributed by atoms with Gasteiger partial charge < -0.3 is 4.89 Å². The first-order valence-electron chi connectivity index (χ1n) is 3.68. The molecule has 0 aliphatic heterocycles. The molecule has 0 radical (unpaired) electrons. The van der Waals surface area contributed by atoms with Crippen molar-refractivity contribution >= 4 is 53.8 Å². The van der Waals surface area contributed by atoms with Gasteiger partial charge in [-0.3, -0.25) is 4.20 Å². The Morgan fingerprint density at radius 2 is 1.86 bits per heavy atom. The lowest BCUT2D eigenvalue weighted by Gasteiger charge is -2.02. The van der Waals surface area contributed by atoms with Crippen LogP contribution in [0.4, 0.5) is 0 Å². The van der Waals surface area contributed by atoms with Crippen LogP contribution in [0, 0.1) is 6.92 Å². The summed E-state index contributed by atoms with van der Waals surface area (Å²) in [5.74, 6) is 1.49. The molecule has 0 N–H and O–H groups in total. The lowest BCUT2D eigenvalue weighted by Crippen LogP contribution is -1.80. The number of aryl methyl sites for hydroxylation is 1. The number of rotatable bonds is 0. The molecule has 1 aromatic heterocycles. The highest BCUT2D eigenvalue weighted by atomic mass is 35.5. The molecule has 74 valence electrons. The maximum absolute atomic E-state index is 11.2. The summed E-state index contributed by atoms with van der Waals surface area (Å²) in [4.78, 5) is 11.2. The fourth-order valence-electron chi connectivity index (χ4n) is 1.23. The summed E-state index contributed by atoms with van der Waals surface area (Å²) in [6.07, 6.45) is 0. The van der Waals surface area contributed by atoms with E-state index in [0.29, 0.717) is 16.0 Å². The van der Waals surface area contributed by atoms with E-state index in [2.05, 4.69) is 0 Å². The van der Waals surface area contributed by atoms with Crippen LogP contribution in [0.2, 0.25) is 15.1 Å². The van der Waals surface area contributed by atoms with E-state index in [1.165, 1.54) is 5.80 Å². The Balaban J connectivity index is 3.01. The van der Waals surface area contributed by atoms with Gasteiger partial charge in [-0.05, 0) is 12.5 Å². The van der Waals surface area contributed by atoms with Crippen molar-refractivity contribution in [2.45, 2.75) is 6.92 Å². The minimum Gasteiger partial charge on any atom is -0.595 e. The molecule has 14 heavy (non-hydrogen) atoms. The molecule has 2 rings (SSSR count). The summed E-state index contributed by atoms with van der Waals surface area (Å²) in [5, 5.41) is 1.50. The van der Waals surface area contributed by atoms with E-state index in [9.17, 15) is 4.89 Å². The van der Waals surface area contributed by atoms with Crippen LogP contribution in [0.15, 0.2) is 9.99 Å². The second-order valence-electron chi connectivity index (χ2n) is 2.82. The van der Waals surface area contributed by atoms with E-state index in [1.54, 1.807) is 6.92 Å². The van der Waals surface area contributed by atoms with Crippen molar-refractivity contribution in [3.8, 4) is 0 Å². The Morgan fingerprint density at radius 3 is 2.50 bits per heavy atom. The Morgan fingerprint density at radius 1 is 1.21 bits per heavy atom. The van der Waals surface area contributed by atoms with Crippen LogP contribution in [-0.4, -0.2) is 0 Å². The van der Waals surface area contributed by atoms with Crippen LogP contribution in [-0.2, 0) is 0 Å². The fourth-order valence-corrected chi connectivity index (χ4v) is 2.94. The van der Waals surface area contributed by atoms with Crippen molar-refractivity contribution in [1.82, 2.24) is 0 Å². The number of hydrogen-bond donors (Lipinski definition) is 0. The molecule has 1 atom stereocenters. The molecule has 0 aliphatic rings. The standard InChI is InChI=1S/C8H4Cl3O2P/c1-3-4-2-14(12)13-8(4)7(11)6(10)5(3)9/h2H,1H3. The number of benzene rings is 1. The third-order valence-corrected chi connectivity index (χ3v) is 4.21. The van der Waals surface area contributed by atoms with Gasteiger partial charge in [-0.2, -0.15) is 0 Å². The zero-order valence-corrected chi connectivity index (χ0v) is 10.1. The largest absolute Gasteiger partial charge is 0.595 e. The Kier molecular flexibility index (Phi) is 2.67. The summed E-state index contributed by atoms with van der Waals surface area (Å²) in [5.41, 5.74) is 1.09. The van der Waals surface area contributed by atoms with E-state index < -0.39 is 8.00 Å². The van der Waals surface area contributed by atoms with E-state index in [0.717, 1.165) is 5.56 Å². The van der Waals surface area contributed by atoms with Crippen molar-refractivity contribution < 1.29 is 9.09 Å². The summed E-state index contributed by atoms with van der Waals surface area (Å²) in [7, 11) is -1.83. The molecule has 2 aromatic rings. The minimum atomic E-state index is -1.83. The number of halogens is 3. The molecular formula is C8H4Cl3O2P. The molecule has 0 saturated carbocycles. The smallest absolute Gasteiger partial charge is 0.278 e. The first kappa shape index (κ1) is 10.5. The SMILES string of the molecule is Cc1c(Cl)c(Cl)c(Cl)c2o[p+]([O-])cc12. The highest BCUT2D eigenvalue weighted by Crippen LogP contribution is 2.43. The molecular weight excluding hydrogens is 265 g/mol. The minimum absolute atomic E-state index is 0.217. The van der Waals surface area contributed by atoms with Crippen LogP contribution in [0.1, 0.15) is 5.56 Å². The first-order chi connectivity index (χ1) is 6.52. The van der Waals surface area contributed by atoms with Crippen LogP contribution in [0.3, 0.4) is 0 Å². The summed E-state index contributed by atoms with van der Waals surface area (Å²) in [6, 6.07) is 0. The lowest BCUT2D eigenvalue weighted by molar-refractivity contribution is -0.159. The molecule has 6 heteroatoms. The average molecular weight is 269 g/mol. The maximum Gasteiger partial charge on any atom is 0.278 e. The Bertz CT molecular complexity index is 476. The highest BCUT2D eigenvalue weighted by Gasteiger charge is 2.19. The van der Waals surface area contributed by atoms with Crippen molar-refractivity contribution in [2.24, 2.45) is 0 Å². The van der Waals surface area contributed by atoms with Gasteiger partial charge in [0.15, 0.2) is 5.80 Å². The van der Waals surface area contributed by atoms with Gasteiger partial charge in [0, 0.05) is 0 Å². The van der Waals surface area contributed by atoms with E-state index >= 15 is 0 Å². The number of hydrogen-bond acceptors (Lipinski definition) is 2. The predicted octanol–water partition coefficient (Wildman–Crippen LogP) is 4.09. The summed E-state index contributed by atoms with van der Waals surface area (Å²) < 4.78 is 5.03. The third-order valence-electron chi connectivity index (χ3n) is 1.98. The average Bonchev–Trinajstić information content (AvgIpc) is 2.54. The highest BCUT2D eigenvalue weighted by molar-refractivity contribution is 7.35. The van der Waals surface area contributed by atoms with Gasteiger partial charge >= 0.3 is 0 Å². The predicted molar refractivity (Wildman–Crippen MR) is 58.5 cm³/mol. The molecule has 0 spiro atoms. The van der Waals surface area contributed by atoms with Gasteiger partial charge in [-0.25, -0.2) is 0 Å². The van der Waals surface area contributed by atoms with Gasteiger partial charge in [-0.1, -0.05) is 34.8 Å². The van der Waals surface area contributed by atoms with Crippen molar-refractivity contribution in [2.75, 3.05) is 0 Å². The van der Waals surface area contributed by atoms with Gasteiger partial charge in [0.05, 0.1) is 15.4 Å². The lowest BCUT2D eigenvalue weighted by atomic mass is 10.1. The summed E-state index contributed by atoms with van der Waals surface area (Å²) >= 11 is 17.7. The van der Waals surface area contributed by atoms with Crippen LogP contribution in [0.5, 0.6) is 0 Å². The van der Waals surface area contributed by atoms with Crippen molar-refractivity contribution in [1.29, 1.82) is 0 Å². The topological polar surface area (TPSA) is 36.2 Å². The van der Waals surface area contributed by atoms with E-state index in [-0.39, 0.29) is 10.0 Å². The zero-order chi connectivity index (χ0) is 10.5. The molecule has 1 unspecified atom stereocenters. The second-order valence-corrected chi connectivity index (χ2v) is 4.96. The molecule has 0 aliphatic carbocycles. The molecule has 0 saturated heterocycles. The zero-order valence-electron chi connectivity index (χ0n) is 6.97.